The van der Waals surface area contributed by atoms with Crippen molar-refractivity contribution in [2.24, 2.45) is 0 Å². The van der Waals surface area contributed by atoms with Gasteiger partial charge < -0.3 is 14.2 Å². The number of aryl methyl sites for hydroxylation is 1. The molecule has 1 aliphatic rings. The van der Waals surface area contributed by atoms with E-state index in [1.807, 2.05) is 6.92 Å². The molecule has 1 aromatic heterocycles. The average Bonchev–Trinajstić information content (AvgIpc) is 2.89. The zero-order chi connectivity index (χ0) is 19.0. The first kappa shape index (κ1) is 19.7. The number of amides is 1. The third kappa shape index (κ3) is 3.65. The van der Waals surface area contributed by atoms with Crippen LogP contribution >= 0.6 is 39.1 Å². The van der Waals surface area contributed by atoms with Gasteiger partial charge in [0.05, 0.1) is 23.0 Å². The predicted molar refractivity (Wildman–Crippen MR) is 107 cm³/mol. The molecule has 3 rings (SSSR count). The summed E-state index contributed by atoms with van der Waals surface area (Å²) in [7, 11) is 1.68. The molecule has 1 aliphatic heterocycles. The van der Waals surface area contributed by atoms with E-state index < -0.39 is 0 Å². The van der Waals surface area contributed by atoms with Gasteiger partial charge in [0.2, 0.25) is 5.91 Å². The van der Waals surface area contributed by atoms with E-state index >= 15 is 0 Å². The largest absolute Gasteiger partial charge is 0.365 e. The maximum absolute atomic E-state index is 11.7. The van der Waals surface area contributed by atoms with E-state index in [-0.39, 0.29) is 18.6 Å². The highest BCUT2D eigenvalue weighted by Crippen LogP contribution is 2.37. The minimum atomic E-state index is -0.116. The second-order valence-corrected chi connectivity index (χ2v) is 7.91. The second kappa shape index (κ2) is 7.89. The summed E-state index contributed by atoms with van der Waals surface area (Å²) in [5, 5.41) is 0.957. The molecule has 0 saturated heterocycles. The number of halogens is 3. The van der Waals surface area contributed by atoms with Gasteiger partial charge in [-0.3, -0.25) is 4.79 Å². The number of aromatic nitrogens is 2. The first-order valence-corrected chi connectivity index (χ1v) is 9.91. The number of fused-ring (bicyclic) bond motifs is 1. The molecule has 0 N–H and O–H groups in total. The Morgan fingerprint density at radius 2 is 2.19 bits per heavy atom. The molecule has 0 radical (unpaired) electrons. The van der Waals surface area contributed by atoms with E-state index in [1.54, 1.807) is 19.2 Å². The fourth-order valence-electron chi connectivity index (χ4n) is 3.08. The highest BCUT2D eigenvalue weighted by atomic mass is 79.9. The Bertz CT molecular complexity index is 853. The van der Waals surface area contributed by atoms with E-state index in [4.69, 9.17) is 27.9 Å². The molecule has 1 amide bonds. The first-order chi connectivity index (χ1) is 12.3. The van der Waals surface area contributed by atoms with Crippen LogP contribution in [0.25, 0.3) is 0 Å². The first-order valence-electron chi connectivity index (χ1n) is 8.36. The van der Waals surface area contributed by atoms with E-state index in [0.717, 1.165) is 35.5 Å². The molecular weight excluding hydrogens is 441 g/mol. The smallest absolute Gasteiger partial charge is 0.223 e. The molecule has 0 spiro atoms. The number of carbonyl (C=O) groups excluding carboxylic acids is 1. The lowest BCUT2D eigenvalue weighted by Gasteiger charge is -2.25. The molecule has 0 bridgehead atoms. The Morgan fingerprint density at radius 1 is 1.46 bits per heavy atom. The molecule has 8 heteroatoms. The van der Waals surface area contributed by atoms with Crippen molar-refractivity contribution in [2.45, 2.75) is 45.9 Å². The summed E-state index contributed by atoms with van der Waals surface area (Å²) < 4.78 is 9.29. The van der Waals surface area contributed by atoms with Gasteiger partial charge in [0, 0.05) is 31.1 Å². The molecule has 2 aromatic rings. The van der Waals surface area contributed by atoms with Gasteiger partial charge in [-0.2, -0.15) is 0 Å². The van der Waals surface area contributed by atoms with Crippen molar-refractivity contribution >= 4 is 50.7 Å². The zero-order valence-electron chi connectivity index (χ0n) is 14.9. The van der Waals surface area contributed by atoms with E-state index in [1.165, 1.54) is 11.8 Å². The van der Waals surface area contributed by atoms with Crippen molar-refractivity contribution in [1.82, 2.24) is 9.55 Å². The van der Waals surface area contributed by atoms with Crippen molar-refractivity contribution in [2.75, 3.05) is 11.9 Å². The molecule has 0 saturated carbocycles. The number of hydrogen-bond donors (Lipinski definition) is 0. The zero-order valence-corrected chi connectivity index (χ0v) is 18.0. The van der Waals surface area contributed by atoms with Gasteiger partial charge in [0.15, 0.2) is 0 Å². The highest BCUT2D eigenvalue weighted by Gasteiger charge is 2.26. The number of benzene rings is 1. The molecule has 1 atom stereocenters. The minimum absolute atomic E-state index is 0.101. The Hall–Kier alpha value is -1.08. The topological polar surface area (TPSA) is 47.4 Å². The lowest BCUT2D eigenvalue weighted by Crippen LogP contribution is -2.23. The van der Waals surface area contributed by atoms with Crippen molar-refractivity contribution in [1.29, 1.82) is 0 Å². The van der Waals surface area contributed by atoms with Gasteiger partial charge in [-0.05, 0) is 47.8 Å². The summed E-state index contributed by atoms with van der Waals surface area (Å²) in [6, 6.07) is 3.48. The van der Waals surface area contributed by atoms with E-state index in [0.29, 0.717) is 21.3 Å². The van der Waals surface area contributed by atoms with Crippen LogP contribution in [-0.4, -0.2) is 22.5 Å². The number of imidazole rings is 1. The van der Waals surface area contributed by atoms with Gasteiger partial charge in [0.25, 0.3) is 0 Å². The summed E-state index contributed by atoms with van der Waals surface area (Å²) in [5.41, 5.74) is 2.25. The quantitative estimate of drug-likeness (QED) is 0.622. The van der Waals surface area contributed by atoms with Crippen molar-refractivity contribution in [3.05, 3.63) is 43.9 Å². The maximum atomic E-state index is 11.7. The predicted octanol–water partition coefficient (Wildman–Crippen LogP) is 5.30. The van der Waals surface area contributed by atoms with Crippen LogP contribution in [0.4, 0.5) is 5.69 Å². The summed E-state index contributed by atoms with van der Waals surface area (Å²) in [6.45, 7) is 4.65. The van der Waals surface area contributed by atoms with Gasteiger partial charge >= 0.3 is 0 Å². The van der Waals surface area contributed by atoms with Crippen LogP contribution in [0, 0.1) is 6.92 Å². The monoisotopic (exact) mass is 459 g/mol. The molecule has 1 unspecified atom stereocenters. The minimum Gasteiger partial charge on any atom is -0.365 e. The molecule has 2 heterocycles. The normalized spacial score (nSPS) is 16.5. The molecular formula is C18H20BrCl2N3O2. The number of ether oxygens (including phenoxy) is 1. The van der Waals surface area contributed by atoms with Gasteiger partial charge in [-0.15, -0.1) is 0 Å². The van der Waals surface area contributed by atoms with Crippen LogP contribution in [-0.2, 0) is 22.7 Å². The Labute approximate surface area is 171 Å². The van der Waals surface area contributed by atoms with Crippen LogP contribution in [0.2, 0.25) is 10.0 Å². The fraction of sp³-hybridized carbons (Fsp3) is 0.444. The Balaban J connectivity index is 1.84. The summed E-state index contributed by atoms with van der Waals surface area (Å²) >= 11 is 16.4. The van der Waals surface area contributed by atoms with Gasteiger partial charge in [0.1, 0.15) is 16.5 Å². The molecule has 26 heavy (non-hydrogen) atoms. The molecule has 5 nitrogen and oxygen atoms in total. The van der Waals surface area contributed by atoms with E-state index in [2.05, 4.69) is 25.5 Å². The Kier molecular flexibility index (Phi) is 5.97. The van der Waals surface area contributed by atoms with Gasteiger partial charge in [-0.25, -0.2) is 4.98 Å². The van der Waals surface area contributed by atoms with Crippen molar-refractivity contribution in [3.63, 3.8) is 0 Å². The summed E-state index contributed by atoms with van der Waals surface area (Å²) in [5.74, 6) is 0.820. The third-order valence-corrected chi connectivity index (χ3v) is 6.44. The Morgan fingerprint density at radius 3 is 2.88 bits per heavy atom. The average molecular weight is 461 g/mol. The van der Waals surface area contributed by atoms with Gasteiger partial charge in [-0.1, -0.05) is 23.2 Å². The maximum Gasteiger partial charge on any atom is 0.223 e. The number of nitrogens with zero attached hydrogens (tertiary/aromatic N) is 3. The summed E-state index contributed by atoms with van der Waals surface area (Å²) in [4.78, 5) is 17.8. The van der Waals surface area contributed by atoms with Crippen LogP contribution in [0.1, 0.15) is 43.0 Å². The third-order valence-electron chi connectivity index (χ3n) is 4.66. The molecule has 0 aliphatic carbocycles. The lowest BCUT2D eigenvalue weighted by atomic mass is 10.1. The standard InChI is InChI=1S/C18H20BrCl2N3O2/c1-10-17(19)24-8-4-5-15(18(24)22-10)26-9-12-13(20)6-7-14(16(12)21)23(3)11(2)25/h6-7,15H,4-5,8-9H2,1-3H3. The lowest BCUT2D eigenvalue weighted by molar-refractivity contribution is -0.116. The fourth-order valence-corrected chi connectivity index (χ4v) is 4.14. The number of rotatable bonds is 4. The van der Waals surface area contributed by atoms with Crippen LogP contribution in [0.15, 0.2) is 16.7 Å². The second-order valence-electron chi connectivity index (χ2n) is 6.38. The van der Waals surface area contributed by atoms with E-state index in [9.17, 15) is 4.79 Å². The number of hydrogen-bond acceptors (Lipinski definition) is 3. The summed E-state index contributed by atoms with van der Waals surface area (Å²) in [6.07, 6.45) is 1.79. The van der Waals surface area contributed by atoms with Crippen molar-refractivity contribution in [3.8, 4) is 0 Å². The highest BCUT2D eigenvalue weighted by molar-refractivity contribution is 9.10. The number of anilines is 1. The molecule has 1 aromatic carbocycles. The van der Waals surface area contributed by atoms with Crippen LogP contribution < -0.4 is 4.90 Å². The molecule has 140 valence electrons. The van der Waals surface area contributed by atoms with Crippen molar-refractivity contribution < 1.29 is 9.53 Å². The van der Waals surface area contributed by atoms with Crippen LogP contribution in [0.5, 0.6) is 0 Å². The molecule has 0 fully saturated rings. The number of carbonyl (C=O) groups is 1. The SMILES string of the molecule is CC(=O)N(C)c1ccc(Cl)c(COC2CCCn3c2nc(C)c3Br)c1Cl. The van der Waals surface area contributed by atoms with Crippen LogP contribution in [0.3, 0.4) is 0 Å².